The molecule has 0 bridgehead atoms. The SMILES string of the molecule is CCCNC(Cc1c(C)nn(C)c1Cl)c1ccc(I)cc1. The van der Waals surface area contributed by atoms with Gasteiger partial charge in [-0.05, 0) is 66.6 Å². The second-order valence-corrected chi connectivity index (χ2v) is 6.84. The van der Waals surface area contributed by atoms with E-state index in [9.17, 15) is 0 Å². The number of nitrogens with zero attached hydrogens (tertiary/aromatic N) is 2. The number of aryl methyl sites for hydroxylation is 2. The van der Waals surface area contributed by atoms with Gasteiger partial charge in [-0.1, -0.05) is 30.7 Å². The minimum atomic E-state index is 0.266. The third-order valence-corrected chi connectivity index (χ3v) is 4.78. The van der Waals surface area contributed by atoms with Crippen molar-refractivity contribution in [2.45, 2.75) is 32.7 Å². The third-order valence-electron chi connectivity index (χ3n) is 3.59. The minimum Gasteiger partial charge on any atom is -0.310 e. The molecule has 0 radical (unpaired) electrons. The molecule has 1 aromatic heterocycles. The molecule has 114 valence electrons. The van der Waals surface area contributed by atoms with E-state index in [1.165, 1.54) is 9.13 Å². The molecule has 2 aromatic rings. The van der Waals surface area contributed by atoms with Crippen LogP contribution in [0, 0.1) is 10.5 Å². The lowest BCUT2D eigenvalue weighted by molar-refractivity contribution is 0.528. The third kappa shape index (κ3) is 4.20. The van der Waals surface area contributed by atoms with Crippen LogP contribution in [0.5, 0.6) is 0 Å². The van der Waals surface area contributed by atoms with Gasteiger partial charge in [0, 0.05) is 22.2 Å². The lowest BCUT2D eigenvalue weighted by atomic mass is 9.99. The maximum absolute atomic E-state index is 6.38. The summed E-state index contributed by atoms with van der Waals surface area (Å²) in [5, 5.41) is 8.76. The number of halogens is 2. The fourth-order valence-electron chi connectivity index (χ4n) is 2.43. The molecule has 0 saturated heterocycles. The standard InChI is InChI=1S/C16H21ClIN3/c1-4-9-19-15(12-5-7-13(18)8-6-12)10-14-11(2)20-21(3)16(14)17/h5-8,15,19H,4,9-10H2,1-3H3. The molecule has 0 spiro atoms. The summed E-state index contributed by atoms with van der Waals surface area (Å²) in [7, 11) is 1.89. The van der Waals surface area contributed by atoms with E-state index in [1.54, 1.807) is 4.68 Å². The summed E-state index contributed by atoms with van der Waals surface area (Å²) in [6.07, 6.45) is 1.97. The number of nitrogens with one attached hydrogen (secondary N) is 1. The molecular weight excluding hydrogens is 397 g/mol. The molecule has 1 heterocycles. The van der Waals surface area contributed by atoms with Crippen LogP contribution in [0.15, 0.2) is 24.3 Å². The van der Waals surface area contributed by atoms with Gasteiger partial charge in [-0.3, -0.25) is 4.68 Å². The van der Waals surface area contributed by atoms with E-state index >= 15 is 0 Å². The van der Waals surface area contributed by atoms with E-state index in [2.05, 4.69) is 64.2 Å². The Kier molecular flexibility index (Phi) is 6.08. The van der Waals surface area contributed by atoms with Crippen molar-refractivity contribution >= 4 is 34.2 Å². The predicted octanol–water partition coefficient (Wildman–Crippen LogP) is 4.27. The molecule has 3 nitrogen and oxygen atoms in total. The van der Waals surface area contributed by atoms with Gasteiger partial charge in [-0.15, -0.1) is 0 Å². The fraction of sp³-hybridized carbons (Fsp3) is 0.438. The van der Waals surface area contributed by atoms with Gasteiger partial charge in [-0.25, -0.2) is 0 Å². The molecule has 1 N–H and O–H groups in total. The summed E-state index contributed by atoms with van der Waals surface area (Å²) < 4.78 is 3.00. The topological polar surface area (TPSA) is 29.9 Å². The van der Waals surface area contributed by atoms with Gasteiger partial charge < -0.3 is 5.32 Å². The van der Waals surface area contributed by atoms with E-state index in [4.69, 9.17) is 11.6 Å². The molecule has 1 aromatic carbocycles. The quantitative estimate of drug-likeness (QED) is 0.711. The Morgan fingerprint density at radius 1 is 1.33 bits per heavy atom. The van der Waals surface area contributed by atoms with Gasteiger partial charge in [0.25, 0.3) is 0 Å². The van der Waals surface area contributed by atoms with E-state index in [1.807, 2.05) is 14.0 Å². The first-order valence-corrected chi connectivity index (χ1v) is 8.65. The molecule has 5 heteroatoms. The Labute approximate surface area is 145 Å². The maximum atomic E-state index is 6.38. The Bertz CT molecular complexity index is 592. The van der Waals surface area contributed by atoms with Crippen molar-refractivity contribution in [3.05, 3.63) is 49.8 Å². The van der Waals surface area contributed by atoms with Gasteiger partial charge in [0.05, 0.1) is 5.69 Å². The Morgan fingerprint density at radius 3 is 2.52 bits per heavy atom. The molecule has 0 fully saturated rings. The fourth-order valence-corrected chi connectivity index (χ4v) is 3.04. The number of hydrogen-bond donors (Lipinski definition) is 1. The molecule has 1 atom stereocenters. The van der Waals surface area contributed by atoms with Crippen molar-refractivity contribution in [1.29, 1.82) is 0 Å². The van der Waals surface area contributed by atoms with E-state index in [-0.39, 0.29) is 6.04 Å². The molecule has 0 aliphatic rings. The van der Waals surface area contributed by atoms with Crippen molar-refractivity contribution < 1.29 is 0 Å². The van der Waals surface area contributed by atoms with Crippen molar-refractivity contribution in [2.75, 3.05) is 6.54 Å². The monoisotopic (exact) mass is 417 g/mol. The first-order valence-electron chi connectivity index (χ1n) is 7.19. The number of hydrogen-bond acceptors (Lipinski definition) is 2. The van der Waals surface area contributed by atoms with Crippen LogP contribution in [0.4, 0.5) is 0 Å². The largest absolute Gasteiger partial charge is 0.310 e. The first-order chi connectivity index (χ1) is 10.0. The Balaban J connectivity index is 2.25. The van der Waals surface area contributed by atoms with Crippen molar-refractivity contribution in [1.82, 2.24) is 15.1 Å². The average molecular weight is 418 g/mol. The predicted molar refractivity (Wildman–Crippen MR) is 96.9 cm³/mol. The molecule has 21 heavy (non-hydrogen) atoms. The molecular formula is C16H21ClIN3. The number of aromatic nitrogens is 2. The highest BCUT2D eigenvalue weighted by molar-refractivity contribution is 14.1. The molecule has 0 saturated carbocycles. The van der Waals surface area contributed by atoms with Crippen LogP contribution in [0.25, 0.3) is 0 Å². The molecule has 0 aliphatic heterocycles. The average Bonchev–Trinajstić information content (AvgIpc) is 2.70. The highest BCUT2D eigenvalue weighted by atomic mass is 127. The van der Waals surface area contributed by atoms with E-state index in [0.717, 1.165) is 35.8 Å². The van der Waals surface area contributed by atoms with Crippen LogP contribution in [-0.4, -0.2) is 16.3 Å². The smallest absolute Gasteiger partial charge is 0.130 e. The Morgan fingerprint density at radius 2 is 2.00 bits per heavy atom. The lowest BCUT2D eigenvalue weighted by Gasteiger charge is -2.19. The zero-order valence-electron chi connectivity index (χ0n) is 12.7. The number of rotatable bonds is 6. The molecule has 1 unspecified atom stereocenters. The number of benzene rings is 1. The maximum Gasteiger partial charge on any atom is 0.130 e. The Hall–Kier alpha value is -0.590. The van der Waals surface area contributed by atoms with Crippen LogP contribution >= 0.6 is 34.2 Å². The highest BCUT2D eigenvalue weighted by Crippen LogP contribution is 2.26. The van der Waals surface area contributed by atoms with Crippen molar-refractivity contribution in [3.8, 4) is 0 Å². The van der Waals surface area contributed by atoms with Gasteiger partial charge in [0.2, 0.25) is 0 Å². The highest BCUT2D eigenvalue weighted by Gasteiger charge is 2.18. The van der Waals surface area contributed by atoms with Gasteiger partial charge in [0.1, 0.15) is 5.15 Å². The minimum absolute atomic E-state index is 0.266. The summed E-state index contributed by atoms with van der Waals surface area (Å²) in [4.78, 5) is 0. The summed E-state index contributed by atoms with van der Waals surface area (Å²) in [6.45, 7) is 5.19. The van der Waals surface area contributed by atoms with Crippen LogP contribution in [0.2, 0.25) is 5.15 Å². The second-order valence-electron chi connectivity index (χ2n) is 5.24. The molecule has 2 rings (SSSR count). The van der Waals surface area contributed by atoms with Crippen molar-refractivity contribution in [2.24, 2.45) is 7.05 Å². The van der Waals surface area contributed by atoms with E-state index < -0.39 is 0 Å². The summed E-state index contributed by atoms with van der Waals surface area (Å²) in [6, 6.07) is 8.94. The van der Waals surface area contributed by atoms with Gasteiger partial charge >= 0.3 is 0 Å². The zero-order valence-corrected chi connectivity index (χ0v) is 15.6. The molecule has 0 aliphatic carbocycles. The summed E-state index contributed by atoms with van der Waals surface area (Å²) in [5.41, 5.74) is 3.44. The van der Waals surface area contributed by atoms with Crippen LogP contribution < -0.4 is 5.32 Å². The summed E-state index contributed by atoms with van der Waals surface area (Å²) >= 11 is 8.71. The first kappa shape index (κ1) is 16.8. The lowest BCUT2D eigenvalue weighted by Crippen LogP contribution is -2.24. The van der Waals surface area contributed by atoms with Gasteiger partial charge in [-0.2, -0.15) is 5.10 Å². The normalized spacial score (nSPS) is 12.6. The van der Waals surface area contributed by atoms with Crippen LogP contribution in [0.3, 0.4) is 0 Å². The van der Waals surface area contributed by atoms with Gasteiger partial charge in [0.15, 0.2) is 0 Å². The summed E-state index contributed by atoms with van der Waals surface area (Å²) in [5.74, 6) is 0. The second kappa shape index (κ2) is 7.61. The zero-order chi connectivity index (χ0) is 15.4. The van der Waals surface area contributed by atoms with E-state index in [0.29, 0.717) is 0 Å². The van der Waals surface area contributed by atoms with Crippen LogP contribution in [-0.2, 0) is 13.5 Å². The van der Waals surface area contributed by atoms with Crippen LogP contribution in [0.1, 0.15) is 36.2 Å². The van der Waals surface area contributed by atoms with Crippen molar-refractivity contribution in [3.63, 3.8) is 0 Å². The molecule has 0 amide bonds.